The highest BCUT2D eigenvalue weighted by molar-refractivity contribution is 9.10. The van der Waals surface area contributed by atoms with Gasteiger partial charge in [-0.25, -0.2) is 0 Å². The van der Waals surface area contributed by atoms with Crippen LogP contribution in [0.5, 0.6) is 5.75 Å². The van der Waals surface area contributed by atoms with Crippen LogP contribution in [0.4, 0.5) is 17.2 Å². The second kappa shape index (κ2) is 7.17. The zero-order chi connectivity index (χ0) is 16.9. The molecule has 0 atom stereocenters. The molecule has 0 amide bonds. The fraction of sp³-hybridized carbons (Fsp3) is 0. The van der Waals surface area contributed by atoms with E-state index in [4.69, 9.17) is 11.6 Å². The zero-order valence-electron chi connectivity index (χ0n) is 10.9. The smallest absolute Gasteiger partial charge is 0.295 e. The third-order valence-electron chi connectivity index (χ3n) is 2.32. The van der Waals surface area contributed by atoms with Crippen molar-refractivity contribution in [3.8, 4) is 5.75 Å². The van der Waals surface area contributed by atoms with Crippen molar-refractivity contribution >= 4 is 33.1 Å². The Morgan fingerprint density at radius 3 is 2.18 bits per heavy atom. The van der Waals surface area contributed by atoms with Gasteiger partial charge >= 0.3 is 0 Å². The number of hydrogen-bond donors (Lipinski definition) is 2. The monoisotopic (exact) mass is 371 g/mol. The first-order valence-corrected chi connectivity index (χ1v) is 6.33. The van der Waals surface area contributed by atoms with Gasteiger partial charge < -0.3 is 5.11 Å². The van der Waals surface area contributed by atoms with E-state index in [1.165, 1.54) is 4.68 Å². The van der Waals surface area contributed by atoms with Gasteiger partial charge in [-0.05, 0) is 27.7 Å². The van der Waals surface area contributed by atoms with Gasteiger partial charge in [0.1, 0.15) is 6.20 Å². The van der Waals surface area contributed by atoms with E-state index in [1.54, 1.807) is 12.3 Å². The SMILES string of the molecule is Nc1ccc(Br)c[n+]1N.O=[N+]([O-])c1ccc([O-])c([N+](=O)[O-])c1. The number of nitrogens with two attached hydrogens (primary N) is 2. The van der Waals surface area contributed by atoms with Gasteiger partial charge in [-0.15, -0.1) is 4.68 Å². The molecule has 0 spiro atoms. The maximum Gasteiger partial charge on any atom is 0.295 e. The molecule has 0 saturated carbocycles. The Kier molecular flexibility index (Phi) is 5.57. The number of halogens is 1. The molecule has 0 saturated heterocycles. The van der Waals surface area contributed by atoms with E-state index in [9.17, 15) is 25.3 Å². The van der Waals surface area contributed by atoms with Crippen molar-refractivity contribution in [3.05, 3.63) is 61.2 Å². The molecule has 2 aromatic rings. The van der Waals surface area contributed by atoms with Crippen LogP contribution in [0.3, 0.4) is 0 Å². The van der Waals surface area contributed by atoms with E-state index in [0.29, 0.717) is 11.9 Å². The first-order valence-electron chi connectivity index (χ1n) is 5.54. The Bertz CT molecular complexity index is 724. The number of nitro benzene ring substituents is 2. The number of rotatable bonds is 2. The number of benzene rings is 1. The molecule has 0 aliphatic carbocycles. The minimum Gasteiger partial charge on any atom is -0.868 e. The lowest BCUT2D eigenvalue weighted by atomic mass is 10.2. The molecule has 0 bridgehead atoms. The Hall–Kier alpha value is -2.95. The van der Waals surface area contributed by atoms with Crippen LogP contribution in [0.2, 0.25) is 0 Å². The average molecular weight is 372 g/mol. The highest BCUT2D eigenvalue weighted by Gasteiger charge is 2.13. The fourth-order valence-electron chi connectivity index (χ4n) is 1.26. The first kappa shape index (κ1) is 17.1. The molecule has 22 heavy (non-hydrogen) atoms. The molecule has 0 aliphatic rings. The van der Waals surface area contributed by atoms with Gasteiger partial charge in [0.05, 0.1) is 20.4 Å². The minimum absolute atomic E-state index is 0.466. The maximum atomic E-state index is 10.8. The molecule has 0 fully saturated rings. The Labute approximate surface area is 132 Å². The number of hydrogen-bond acceptors (Lipinski definition) is 7. The van der Waals surface area contributed by atoms with Gasteiger partial charge in [-0.2, -0.15) is 0 Å². The Morgan fingerprint density at radius 2 is 1.73 bits per heavy atom. The molecule has 0 aliphatic heterocycles. The quantitative estimate of drug-likeness (QED) is 0.337. The first-order chi connectivity index (χ1) is 10.2. The molecule has 116 valence electrons. The molecule has 2 rings (SSSR count). The van der Waals surface area contributed by atoms with Gasteiger partial charge in [0.2, 0.25) is 0 Å². The summed E-state index contributed by atoms with van der Waals surface area (Å²) in [4.78, 5) is 18.6. The largest absolute Gasteiger partial charge is 0.868 e. The average Bonchev–Trinajstić information content (AvgIpc) is 2.44. The normalized spacial score (nSPS) is 9.50. The summed E-state index contributed by atoms with van der Waals surface area (Å²) in [5.41, 5.74) is 4.16. The molecular weight excluding hydrogens is 362 g/mol. The Morgan fingerprint density at radius 1 is 1.09 bits per heavy atom. The minimum atomic E-state index is -0.949. The number of non-ortho nitro benzene ring substituents is 1. The summed E-state index contributed by atoms with van der Waals surface area (Å²) in [5.74, 6) is 5.08. The van der Waals surface area contributed by atoms with E-state index in [2.05, 4.69) is 15.9 Å². The standard InChI is InChI=1S/C6H4N2O5.C5H6BrN3/c9-6-2-1-4(7(10)11)3-5(6)8(12)13;6-4-1-2-5(7)9(8)3-4/h1-3,9H;1-3,7H,8H2. The van der Waals surface area contributed by atoms with Crippen LogP contribution in [0.1, 0.15) is 0 Å². The molecule has 1 aromatic carbocycles. The molecule has 10 nitrogen and oxygen atoms in total. The predicted octanol–water partition coefficient (Wildman–Crippen LogP) is 0.609. The van der Waals surface area contributed by atoms with Crippen LogP contribution in [-0.2, 0) is 0 Å². The number of nitrogen functional groups attached to an aromatic ring is 2. The second-order valence-electron chi connectivity index (χ2n) is 3.85. The van der Waals surface area contributed by atoms with Crippen molar-refractivity contribution in [1.29, 1.82) is 0 Å². The number of nitro groups is 2. The van der Waals surface area contributed by atoms with Gasteiger partial charge in [-0.3, -0.25) is 31.8 Å². The van der Waals surface area contributed by atoms with Crippen LogP contribution < -0.4 is 21.4 Å². The van der Waals surface area contributed by atoms with Crippen molar-refractivity contribution in [2.45, 2.75) is 0 Å². The van der Waals surface area contributed by atoms with E-state index < -0.39 is 27.0 Å². The van der Waals surface area contributed by atoms with Gasteiger partial charge in [0, 0.05) is 12.1 Å². The molecule has 0 radical (unpaired) electrons. The van der Waals surface area contributed by atoms with Gasteiger partial charge in [0.25, 0.3) is 17.2 Å². The van der Waals surface area contributed by atoms with Crippen LogP contribution in [-0.4, -0.2) is 9.85 Å². The third kappa shape index (κ3) is 4.56. The van der Waals surface area contributed by atoms with Crippen LogP contribution in [0, 0.1) is 20.2 Å². The van der Waals surface area contributed by atoms with Gasteiger partial charge in [-0.1, -0.05) is 6.07 Å². The summed E-state index contributed by atoms with van der Waals surface area (Å²) in [6, 6.07) is 5.93. The van der Waals surface area contributed by atoms with E-state index in [0.717, 1.165) is 16.6 Å². The summed E-state index contributed by atoms with van der Waals surface area (Å²) < 4.78 is 2.27. The molecule has 1 heterocycles. The summed E-state index contributed by atoms with van der Waals surface area (Å²) >= 11 is 3.24. The van der Waals surface area contributed by atoms with Crippen molar-refractivity contribution in [2.24, 2.45) is 0 Å². The van der Waals surface area contributed by atoms with Crippen molar-refractivity contribution in [3.63, 3.8) is 0 Å². The highest BCUT2D eigenvalue weighted by Crippen LogP contribution is 2.27. The summed E-state index contributed by atoms with van der Waals surface area (Å²) in [7, 11) is 0. The Balaban J connectivity index is 0.000000235. The topological polar surface area (TPSA) is 165 Å². The number of pyridine rings is 1. The van der Waals surface area contributed by atoms with E-state index >= 15 is 0 Å². The maximum absolute atomic E-state index is 10.8. The van der Waals surface area contributed by atoms with Crippen LogP contribution in [0.15, 0.2) is 41.0 Å². The summed E-state index contributed by atoms with van der Waals surface area (Å²) in [6.45, 7) is 0. The molecule has 11 heteroatoms. The lowest BCUT2D eigenvalue weighted by molar-refractivity contribution is -0.624. The van der Waals surface area contributed by atoms with E-state index in [-0.39, 0.29) is 0 Å². The lowest BCUT2D eigenvalue weighted by Crippen LogP contribution is -2.46. The summed E-state index contributed by atoms with van der Waals surface area (Å²) in [5, 5.41) is 31.1. The summed E-state index contributed by atoms with van der Waals surface area (Å²) in [6.07, 6.45) is 1.69. The van der Waals surface area contributed by atoms with Crippen molar-refractivity contribution < 1.29 is 19.6 Å². The van der Waals surface area contributed by atoms with Gasteiger partial charge in [0.15, 0.2) is 0 Å². The fourth-order valence-corrected chi connectivity index (χ4v) is 1.62. The highest BCUT2D eigenvalue weighted by atomic mass is 79.9. The second-order valence-corrected chi connectivity index (χ2v) is 4.76. The van der Waals surface area contributed by atoms with Crippen LogP contribution >= 0.6 is 15.9 Å². The number of anilines is 1. The third-order valence-corrected chi connectivity index (χ3v) is 2.79. The number of aromatic nitrogens is 1. The van der Waals surface area contributed by atoms with Crippen molar-refractivity contribution in [1.82, 2.24) is 0 Å². The lowest BCUT2D eigenvalue weighted by Gasteiger charge is -2.03. The zero-order valence-corrected chi connectivity index (χ0v) is 12.5. The van der Waals surface area contributed by atoms with Crippen molar-refractivity contribution in [2.75, 3.05) is 11.6 Å². The molecule has 0 unspecified atom stereocenters. The molecular formula is C11H10BrN5O5. The van der Waals surface area contributed by atoms with Crippen LogP contribution in [0.25, 0.3) is 0 Å². The van der Waals surface area contributed by atoms with E-state index in [1.807, 2.05) is 6.07 Å². The molecule has 4 N–H and O–H groups in total. The predicted molar refractivity (Wildman–Crippen MR) is 78.1 cm³/mol. The number of nitrogens with zero attached hydrogens (tertiary/aromatic N) is 3. The molecule has 1 aromatic heterocycles.